The predicted octanol–water partition coefficient (Wildman–Crippen LogP) is 1.64. The first-order valence-corrected chi connectivity index (χ1v) is 4.21. The zero-order valence-electron chi connectivity index (χ0n) is 7.87. The van der Waals surface area contributed by atoms with Crippen LogP contribution in [0.1, 0.15) is 20.7 Å². The highest BCUT2D eigenvalue weighted by atomic mass is 19.2. The number of halogens is 2. The lowest BCUT2D eigenvalue weighted by atomic mass is 10.1. The van der Waals surface area contributed by atoms with Crippen molar-refractivity contribution in [1.82, 2.24) is 5.06 Å². The lowest BCUT2D eigenvalue weighted by Gasteiger charge is -2.09. The van der Waals surface area contributed by atoms with Gasteiger partial charge < -0.3 is 4.84 Å². The molecule has 16 heavy (non-hydrogen) atoms. The van der Waals surface area contributed by atoms with Crippen molar-refractivity contribution in [3.05, 3.63) is 47.7 Å². The second-order valence-corrected chi connectivity index (χ2v) is 2.99. The normalized spacial score (nSPS) is 14.0. The minimum absolute atomic E-state index is 0.231. The van der Waals surface area contributed by atoms with E-state index >= 15 is 0 Å². The van der Waals surface area contributed by atoms with E-state index in [-0.39, 0.29) is 11.1 Å². The first-order valence-electron chi connectivity index (χ1n) is 4.21. The molecule has 82 valence electrons. The number of imide groups is 1. The molecule has 1 aromatic carbocycles. The Kier molecular flexibility index (Phi) is 2.19. The maximum atomic E-state index is 12.9. The molecule has 0 aromatic heterocycles. The molecule has 0 fully saturated rings. The van der Waals surface area contributed by atoms with E-state index in [1.165, 1.54) is 0 Å². The van der Waals surface area contributed by atoms with E-state index in [0.29, 0.717) is 17.2 Å². The van der Waals surface area contributed by atoms with Crippen LogP contribution in [0.5, 0.6) is 0 Å². The summed E-state index contributed by atoms with van der Waals surface area (Å²) < 4.78 is 25.7. The third-order valence-corrected chi connectivity index (χ3v) is 2.07. The smallest absolute Gasteiger partial charge is 0.295 e. The number of rotatable bonds is 2. The van der Waals surface area contributed by atoms with Gasteiger partial charge >= 0.3 is 0 Å². The SMILES string of the molecule is C=CON1C(=O)c2cc(F)c(F)cc2C1=O. The summed E-state index contributed by atoms with van der Waals surface area (Å²) in [4.78, 5) is 27.6. The molecule has 0 aliphatic carbocycles. The molecule has 6 heteroatoms. The van der Waals surface area contributed by atoms with Gasteiger partial charge in [0.2, 0.25) is 0 Å². The van der Waals surface area contributed by atoms with Gasteiger partial charge in [-0.15, -0.1) is 0 Å². The minimum Gasteiger partial charge on any atom is -0.377 e. The molecule has 2 amide bonds. The predicted molar refractivity (Wildman–Crippen MR) is 48.1 cm³/mol. The molecule has 0 spiro atoms. The van der Waals surface area contributed by atoms with Crippen LogP contribution in [0.25, 0.3) is 0 Å². The van der Waals surface area contributed by atoms with Gasteiger partial charge in [-0.25, -0.2) is 8.78 Å². The van der Waals surface area contributed by atoms with E-state index in [2.05, 4.69) is 11.4 Å². The Morgan fingerprint density at radius 2 is 1.56 bits per heavy atom. The zero-order chi connectivity index (χ0) is 11.9. The largest absolute Gasteiger partial charge is 0.377 e. The van der Waals surface area contributed by atoms with Gasteiger partial charge in [0.25, 0.3) is 11.8 Å². The standard InChI is InChI=1S/C10H5F2NO3/c1-2-16-13-9(14)5-3-7(11)8(12)4-6(5)10(13)15/h2-4H,1H2. The summed E-state index contributed by atoms with van der Waals surface area (Å²) in [5, 5.41) is 0.385. The van der Waals surface area contributed by atoms with Crippen LogP contribution < -0.4 is 0 Å². The van der Waals surface area contributed by atoms with Crippen LogP contribution >= 0.6 is 0 Å². The molecule has 0 saturated heterocycles. The van der Waals surface area contributed by atoms with Crippen LogP contribution in [0.2, 0.25) is 0 Å². The Morgan fingerprint density at radius 1 is 1.12 bits per heavy atom. The molecule has 0 bridgehead atoms. The van der Waals surface area contributed by atoms with Gasteiger partial charge in [-0.2, -0.15) is 0 Å². The Balaban J connectivity index is 2.55. The molecule has 0 atom stereocenters. The van der Waals surface area contributed by atoms with Gasteiger partial charge in [-0.05, 0) is 12.1 Å². The van der Waals surface area contributed by atoms with E-state index in [9.17, 15) is 18.4 Å². The van der Waals surface area contributed by atoms with Crippen molar-refractivity contribution >= 4 is 11.8 Å². The summed E-state index contributed by atoms with van der Waals surface area (Å²) in [6, 6.07) is 1.33. The van der Waals surface area contributed by atoms with Crippen LogP contribution in [-0.4, -0.2) is 16.9 Å². The van der Waals surface area contributed by atoms with Gasteiger partial charge in [0, 0.05) is 0 Å². The van der Waals surface area contributed by atoms with Crippen molar-refractivity contribution in [3.63, 3.8) is 0 Å². The number of nitrogens with zero attached hydrogens (tertiary/aromatic N) is 1. The van der Waals surface area contributed by atoms with E-state index in [1.807, 2.05) is 0 Å². The fourth-order valence-electron chi connectivity index (χ4n) is 1.38. The molecule has 2 rings (SSSR count). The van der Waals surface area contributed by atoms with Crippen LogP contribution in [0.15, 0.2) is 25.0 Å². The van der Waals surface area contributed by atoms with Crippen LogP contribution in [0.4, 0.5) is 8.78 Å². The Bertz CT molecular complexity index is 472. The second kappa shape index (κ2) is 3.41. The summed E-state index contributed by atoms with van der Waals surface area (Å²) in [6.45, 7) is 3.17. The van der Waals surface area contributed by atoms with Crippen molar-refractivity contribution in [2.24, 2.45) is 0 Å². The quantitative estimate of drug-likeness (QED) is 0.567. The fraction of sp³-hybridized carbons (Fsp3) is 0. The number of hydrogen-bond acceptors (Lipinski definition) is 3. The van der Waals surface area contributed by atoms with Crippen LogP contribution in [-0.2, 0) is 4.84 Å². The summed E-state index contributed by atoms with van der Waals surface area (Å²) in [7, 11) is 0. The maximum absolute atomic E-state index is 12.9. The van der Waals surface area contributed by atoms with Gasteiger partial charge in [-0.3, -0.25) is 9.59 Å². The lowest BCUT2D eigenvalue weighted by Crippen LogP contribution is -2.27. The van der Waals surface area contributed by atoms with E-state index < -0.39 is 23.4 Å². The topological polar surface area (TPSA) is 46.6 Å². The van der Waals surface area contributed by atoms with E-state index in [1.54, 1.807) is 0 Å². The number of hydroxylamine groups is 2. The minimum atomic E-state index is -1.19. The Morgan fingerprint density at radius 3 is 1.94 bits per heavy atom. The van der Waals surface area contributed by atoms with Crippen molar-refractivity contribution in [1.29, 1.82) is 0 Å². The fourth-order valence-corrected chi connectivity index (χ4v) is 1.38. The molecular weight excluding hydrogens is 220 g/mol. The average molecular weight is 225 g/mol. The second-order valence-electron chi connectivity index (χ2n) is 2.99. The first kappa shape index (κ1) is 10.3. The summed E-state index contributed by atoms with van der Waals surface area (Å²) in [6.07, 6.45) is 0.869. The van der Waals surface area contributed by atoms with E-state index in [0.717, 1.165) is 6.26 Å². The highest BCUT2D eigenvalue weighted by Gasteiger charge is 2.38. The Labute approximate surface area is 88.7 Å². The number of carbonyl (C=O) groups is 2. The first-order chi connectivity index (χ1) is 7.56. The summed E-state index contributed by atoms with van der Waals surface area (Å²) in [5.41, 5.74) is -0.462. The highest BCUT2D eigenvalue weighted by Crippen LogP contribution is 2.25. The molecule has 1 aliphatic heterocycles. The molecule has 0 unspecified atom stereocenters. The summed E-state index contributed by atoms with van der Waals surface area (Å²) in [5.74, 6) is -4.08. The third kappa shape index (κ3) is 1.27. The maximum Gasteiger partial charge on any atom is 0.295 e. The molecule has 0 saturated carbocycles. The number of hydrogen-bond donors (Lipinski definition) is 0. The molecule has 1 aliphatic rings. The van der Waals surface area contributed by atoms with Crippen molar-refractivity contribution in [2.75, 3.05) is 0 Å². The number of amides is 2. The zero-order valence-corrected chi connectivity index (χ0v) is 7.87. The average Bonchev–Trinajstić information content (AvgIpc) is 2.46. The lowest BCUT2D eigenvalue weighted by molar-refractivity contribution is -0.0423. The molecule has 0 N–H and O–H groups in total. The van der Waals surface area contributed by atoms with Crippen LogP contribution in [0.3, 0.4) is 0 Å². The van der Waals surface area contributed by atoms with Gasteiger partial charge in [0.05, 0.1) is 11.1 Å². The van der Waals surface area contributed by atoms with Gasteiger partial charge in [-0.1, -0.05) is 11.6 Å². The third-order valence-electron chi connectivity index (χ3n) is 2.07. The van der Waals surface area contributed by atoms with Crippen molar-refractivity contribution < 1.29 is 23.2 Å². The monoisotopic (exact) mass is 225 g/mol. The number of fused-ring (bicyclic) bond motifs is 1. The summed E-state index contributed by atoms with van der Waals surface area (Å²) >= 11 is 0. The molecule has 1 aromatic rings. The highest BCUT2D eigenvalue weighted by molar-refractivity contribution is 6.20. The van der Waals surface area contributed by atoms with Crippen molar-refractivity contribution in [3.8, 4) is 0 Å². The number of benzene rings is 1. The van der Waals surface area contributed by atoms with Gasteiger partial charge in [0.1, 0.15) is 6.26 Å². The molecule has 0 radical (unpaired) electrons. The molecule has 4 nitrogen and oxygen atoms in total. The Hall–Kier alpha value is -2.24. The molecule has 1 heterocycles. The van der Waals surface area contributed by atoms with Crippen molar-refractivity contribution in [2.45, 2.75) is 0 Å². The van der Waals surface area contributed by atoms with Gasteiger partial charge in [0.15, 0.2) is 11.6 Å². The molecular formula is C10H5F2NO3. The van der Waals surface area contributed by atoms with Crippen LogP contribution in [0, 0.1) is 11.6 Å². The number of carbonyl (C=O) groups excluding carboxylic acids is 2. The van der Waals surface area contributed by atoms with E-state index in [4.69, 9.17) is 0 Å².